The van der Waals surface area contributed by atoms with E-state index in [9.17, 15) is 9.59 Å². The van der Waals surface area contributed by atoms with Crippen molar-refractivity contribution in [3.05, 3.63) is 23.0 Å². The first-order valence-corrected chi connectivity index (χ1v) is 7.64. The number of nitrogens with one attached hydrogen (secondary N) is 1. The van der Waals surface area contributed by atoms with Crippen molar-refractivity contribution in [3.63, 3.8) is 0 Å². The van der Waals surface area contributed by atoms with Gasteiger partial charge in [-0.15, -0.1) is 0 Å². The Morgan fingerprint density at radius 3 is 2.48 bits per heavy atom. The molecule has 0 aliphatic heterocycles. The Balaban J connectivity index is 2.21. The second-order valence-electron chi connectivity index (χ2n) is 5.98. The number of carbonyl (C=O) groups excluding carboxylic acids is 1. The number of carboxylic acids is 1. The maximum absolute atomic E-state index is 12.2. The van der Waals surface area contributed by atoms with Crippen molar-refractivity contribution in [1.82, 2.24) is 9.88 Å². The topological polar surface area (TPSA) is 71.3 Å². The van der Waals surface area contributed by atoms with Gasteiger partial charge in [0.15, 0.2) is 0 Å². The molecule has 116 valence electrons. The Morgan fingerprint density at radius 1 is 1.29 bits per heavy atom. The van der Waals surface area contributed by atoms with Crippen LogP contribution in [-0.4, -0.2) is 27.6 Å². The minimum absolute atomic E-state index is 0.306. The van der Waals surface area contributed by atoms with Gasteiger partial charge in [0, 0.05) is 17.4 Å². The number of amides is 1. The second kappa shape index (κ2) is 6.33. The third-order valence-corrected chi connectivity index (χ3v) is 4.39. The van der Waals surface area contributed by atoms with Gasteiger partial charge in [0.25, 0.3) is 5.91 Å². The predicted molar refractivity (Wildman–Crippen MR) is 80.6 cm³/mol. The van der Waals surface area contributed by atoms with E-state index in [2.05, 4.69) is 9.88 Å². The van der Waals surface area contributed by atoms with Gasteiger partial charge in [0.1, 0.15) is 6.04 Å². The number of hydrogen-bond donors (Lipinski definition) is 2. The third kappa shape index (κ3) is 3.28. The van der Waals surface area contributed by atoms with Crippen LogP contribution < -0.4 is 5.32 Å². The van der Waals surface area contributed by atoms with E-state index in [1.54, 1.807) is 0 Å². The maximum Gasteiger partial charge on any atom is 0.325 e. The summed E-state index contributed by atoms with van der Waals surface area (Å²) in [5.74, 6) is -1.33. The molecule has 1 fully saturated rings. The van der Waals surface area contributed by atoms with Crippen LogP contribution in [0, 0.1) is 13.8 Å². The Bertz CT molecular complexity index is 542. The number of carboxylic acid groups (broad SMARTS) is 1. The average Bonchev–Trinajstić information content (AvgIpc) is 2.74. The fraction of sp³-hybridized carbons (Fsp3) is 0.625. The summed E-state index contributed by atoms with van der Waals surface area (Å²) in [5.41, 5.74) is 2.60. The predicted octanol–water partition coefficient (Wildman–Crippen LogP) is 2.81. The molecule has 1 atom stereocenters. The molecule has 2 N–H and O–H groups in total. The molecule has 1 saturated carbocycles. The molecule has 1 aromatic rings. The molecule has 0 radical (unpaired) electrons. The van der Waals surface area contributed by atoms with E-state index in [0.717, 1.165) is 24.2 Å². The molecule has 5 nitrogen and oxygen atoms in total. The Kier molecular flexibility index (Phi) is 4.70. The van der Waals surface area contributed by atoms with Crippen molar-refractivity contribution in [1.29, 1.82) is 0 Å². The van der Waals surface area contributed by atoms with E-state index in [0.29, 0.717) is 11.6 Å². The Morgan fingerprint density at radius 2 is 1.90 bits per heavy atom. The molecule has 1 aromatic heterocycles. The number of aryl methyl sites for hydroxylation is 1. The Labute approximate surface area is 125 Å². The highest BCUT2D eigenvalue weighted by Gasteiger charge is 2.24. The number of carbonyl (C=O) groups is 2. The lowest BCUT2D eigenvalue weighted by molar-refractivity contribution is -0.138. The molecule has 0 spiro atoms. The largest absolute Gasteiger partial charge is 0.480 e. The van der Waals surface area contributed by atoms with Crippen LogP contribution in [0.5, 0.6) is 0 Å². The van der Waals surface area contributed by atoms with Crippen LogP contribution in [0.15, 0.2) is 6.07 Å². The van der Waals surface area contributed by atoms with Crippen LogP contribution in [-0.2, 0) is 4.79 Å². The number of aliphatic carboxylic acids is 1. The summed E-state index contributed by atoms with van der Waals surface area (Å²) in [6, 6.07) is 1.46. The van der Waals surface area contributed by atoms with Crippen molar-refractivity contribution in [2.75, 3.05) is 0 Å². The van der Waals surface area contributed by atoms with Crippen molar-refractivity contribution >= 4 is 11.9 Å². The molecular formula is C16H24N2O3. The van der Waals surface area contributed by atoms with E-state index >= 15 is 0 Å². The zero-order chi connectivity index (χ0) is 15.6. The van der Waals surface area contributed by atoms with Crippen LogP contribution in [0.1, 0.15) is 66.8 Å². The average molecular weight is 292 g/mol. The summed E-state index contributed by atoms with van der Waals surface area (Å²) in [4.78, 5) is 23.1. The van der Waals surface area contributed by atoms with Gasteiger partial charge < -0.3 is 15.0 Å². The highest BCUT2D eigenvalue weighted by Crippen LogP contribution is 2.32. The fourth-order valence-corrected chi connectivity index (χ4v) is 3.24. The van der Waals surface area contributed by atoms with Crippen molar-refractivity contribution in [3.8, 4) is 0 Å². The van der Waals surface area contributed by atoms with Gasteiger partial charge in [-0.25, -0.2) is 0 Å². The Hall–Kier alpha value is -1.78. The van der Waals surface area contributed by atoms with E-state index in [-0.39, 0.29) is 5.91 Å². The van der Waals surface area contributed by atoms with E-state index in [1.165, 1.54) is 26.2 Å². The normalized spacial score (nSPS) is 17.5. The highest BCUT2D eigenvalue weighted by atomic mass is 16.4. The second-order valence-corrected chi connectivity index (χ2v) is 5.98. The van der Waals surface area contributed by atoms with Gasteiger partial charge in [-0.2, -0.15) is 0 Å². The summed E-state index contributed by atoms with van der Waals surface area (Å²) in [6.45, 7) is 5.43. The first-order valence-electron chi connectivity index (χ1n) is 7.64. The zero-order valence-electron chi connectivity index (χ0n) is 13.0. The van der Waals surface area contributed by atoms with E-state index < -0.39 is 12.0 Å². The molecule has 2 rings (SSSR count). The van der Waals surface area contributed by atoms with Crippen LogP contribution in [0.2, 0.25) is 0 Å². The zero-order valence-corrected chi connectivity index (χ0v) is 13.0. The summed E-state index contributed by atoms with van der Waals surface area (Å²) in [7, 11) is 0. The number of rotatable bonds is 4. The third-order valence-electron chi connectivity index (χ3n) is 4.39. The number of hydrogen-bond acceptors (Lipinski definition) is 2. The number of aromatic nitrogens is 1. The summed E-state index contributed by atoms with van der Waals surface area (Å²) in [5, 5.41) is 11.4. The van der Waals surface area contributed by atoms with E-state index in [4.69, 9.17) is 5.11 Å². The quantitative estimate of drug-likeness (QED) is 0.896. The molecule has 1 heterocycles. The molecular weight excluding hydrogens is 268 g/mol. The van der Waals surface area contributed by atoms with Gasteiger partial charge in [-0.1, -0.05) is 19.3 Å². The summed E-state index contributed by atoms with van der Waals surface area (Å²) in [6.07, 6.45) is 6.07. The molecule has 21 heavy (non-hydrogen) atoms. The first kappa shape index (κ1) is 15.6. The van der Waals surface area contributed by atoms with Gasteiger partial charge in [-0.05, 0) is 39.7 Å². The van der Waals surface area contributed by atoms with Crippen LogP contribution in [0.4, 0.5) is 0 Å². The van der Waals surface area contributed by atoms with Crippen molar-refractivity contribution < 1.29 is 14.7 Å². The molecule has 1 aliphatic rings. The molecule has 1 aliphatic carbocycles. The molecule has 0 saturated heterocycles. The standard InChI is InChI=1S/C16H24N2O3/c1-10-9-14(15(19)17-11(2)16(20)21)12(3)18(10)13-7-5-4-6-8-13/h9,11,13H,4-8H2,1-3H3,(H,17,19)(H,20,21)/t11-/m0/s1. The van der Waals surface area contributed by atoms with Gasteiger partial charge >= 0.3 is 5.97 Å². The lowest BCUT2D eigenvalue weighted by Gasteiger charge is -2.26. The summed E-state index contributed by atoms with van der Waals surface area (Å²) < 4.78 is 2.25. The lowest BCUT2D eigenvalue weighted by atomic mass is 9.95. The highest BCUT2D eigenvalue weighted by molar-refractivity contribution is 5.97. The smallest absolute Gasteiger partial charge is 0.325 e. The first-order chi connectivity index (χ1) is 9.91. The van der Waals surface area contributed by atoms with Crippen LogP contribution in [0.25, 0.3) is 0 Å². The maximum atomic E-state index is 12.2. The molecule has 5 heteroatoms. The van der Waals surface area contributed by atoms with Crippen LogP contribution >= 0.6 is 0 Å². The summed E-state index contributed by atoms with van der Waals surface area (Å²) >= 11 is 0. The van der Waals surface area contributed by atoms with Gasteiger partial charge in [-0.3, -0.25) is 9.59 Å². The minimum Gasteiger partial charge on any atom is -0.480 e. The van der Waals surface area contributed by atoms with Crippen LogP contribution in [0.3, 0.4) is 0 Å². The molecule has 1 amide bonds. The SMILES string of the molecule is Cc1cc(C(=O)N[C@@H](C)C(=O)O)c(C)n1C1CCCCC1. The van der Waals surface area contributed by atoms with E-state index in [1.807, 2.05) is 19.9 Å². The molecule has 0 bridgehead atoms. The van der Waals surface area contributed by atoms with Gasteiger partial charge in [0.05, 0.1) is 5.56 Å². The van der Waals surface area contributed by atoms with Gasteiger partial charge in [0.2, 0.25) is 0 Å². The molecule has 0 aromatic carbocycles. The fourth-order valence-electron chi connectivity index (χ4n) is 3.24. The molecule has 0 unspecified atom stereocenters. The minimum atomic E-state index is -1.02. The monoisotopic (exact) mass is 292 g/mol. The number of nitrogens with zero attached hydrogens (tertiary/aromatic N) is 1. The lowest BCUT2D eigenvalue weighted by Crippen LogP contribution is -2.38. The van der Waals surface area contributed by atoms with Crippen molar-refractivity contribution in [2.24, 2.45) is 0 Å². The van der Waals surface area contributed by atoms with Crippen molar-refractivity contribution in [2.45, 2.75) is 65.0 Å².